The molecule has 27 heavy (non-hydrogen) atoms. The first-order valence-corrected chi connectivity index (χ1v) is 7.78. The summed E-state index contributed by atoms with van der Waals surface area (Å²) in [6.45, 7) is -1.47. The van der Waals surface area contributed by atoms with E-state index < -0.39 is 12.8 Å². The molecule has 2 aromatic rings. The fourth-order valence-electron chi connectivity index (χ4n) is 2.31. The van der Waals surface area contributed by atoms with Gasteiger partial charge in [-0.1, -0.05) is 18.2 Å². The van der Waals surface area contributed by atoms with Crippen LogP contribution in [-0.4, -0.2) is 39.2 Å². The smallest absolute Gasteiger partial charge is 0.422 e. The third kappa shape index (κ3) is 5.47. The highest BCUT2D eigenvalue weighted by molar-refractivity contribution is 5.73. The second-order valence-electron chi connectivity index (χ2n) is 5.42. The predicted molar refractivity (Wildman–Crippen MR) is 94.7 cm³/mol. The summed E-state index contributed by atoms with van der Waals surface area (Å²) in [5, 5.41) is 9.84. The van der Waals surface area contributed by atoms with Crippen LogP contribution in [0.25, 0.3) is 12.2 Å². The molecule has 0 saturated carbocycles. The number of aromatic hydroxyl groups is 1. The molecule has 0 aromatic heterocycles. The van der Waals surface area contributed by atoms with Crippen molar-refractivity contribution < 1.29 is 37.2 Å². The van der Waals surface area contributed by atoms with Gasteiger partial charge >= 0.3 is 6.18 Å². The fraction of sp³-hybridized carbons (Fsp3) is 0.263. The monoisotopic (exact) mass is 384 g/mol. The van der Waals surface area contributed by atoms with Crippen molar-refractivity contribution in [1.82, 2.24) is 0 Å². The maximum absolute atomic E-state index is 12.2. The average Bonchev–Trinajstić information content (AvgIpc) is 2.63. The standard InChI is InChI=1S/C19H19F3O5/c1-24-16-9-13(10-17(25-2)18(16)26-3)5-4-12-6-7-15(14(23)8-12)27-11-19(20,21)22/h4-10,23H,11H2,1-3H3/b5-4-. The summed E-state index contributed by atoms with van der Waals surface area (Å²) in [5.74, 6) is 0.801. The first kappa shape index (κ1) is 20.3. The van der Waals surface area contributed by atoms with Gasteiger partial charge in [-0.25, -0.2) is 0 Å². The maximum Gasteiger partial charge on any atom is 0.422 e. The van der Waals surface area contributed by atoms with E-state index in [4.69, 9.17) is 14.2 Å². The van der Waals surface area contributed by atoms with E-state index >= 15 is 0 Å². The lowest BCUT2D eigenvalue weighted by atomic mass is 10.1. The number of ether oxygens (including phenoxy) is 4. The number of halogens is 3. The van der Waals surface area contributed by atoms with Gasteiger partial charge in [0, 0.05) is 0 Å². The molecule has 2 aromatic carbocycles. The van der Waals surface area contributed by atoms with E-state index in [9.17, 15) is 18.3 Å². The Morgan fingerprint density at radius 3 is 1.93 bits per heavy atom. The van der Waals surface area contributed by atoms with Gasteiger partial charge in [-0.15, -0.1) is 0 Å². The van der Waals surface area contributed by atoms with Crippen LogP contribution in [0.5, 0.6) is 28.7 Å². The molecule has 0 amide bonds. The van der Waals surface area contributed by atoms with E-state index in [1.165, 1.54) is 39.5 Å². The van der Waals surface area contributed by atoms with Gasteiger partial charge in [-0.2, -0.15) is 13.2 Å². The molecule has 0 spiro atoms. The van der Waals surface area contributed by atoms with Crippen LogP contribution in [0.1, 0.15) is 11.1 Å². The van der Waals surface area contributed by atoms with Crippen LogP contribution in [0.3, 0.4) is 0 Å². The summed E-state index contributed by atoms with van der Waals surface area (Å²) in [4.78, 5) is 0. The number of rotatable bonds is 7. The molecule has 0 atom stereocenters. The number of phenolic OH excluding ortho intramolecular Hbond substituents is 1. The zero-order chi connectivity index (χ0) is 20.0. The molecule has 2 rings (SSSR count). The molecule has 0 saturated heterocycles. The number of methoxy groups -OCH3 is 3. The summed E-state index contributed by atoms with van der Waals surface area (Å²) in [5.41, 5.74) is 1.31. The number of hydrogen-bond acceptors (Lipinski definition) is 5. The Hall–Kier alpha value is -3.03. The third-order valence-electron chi connectivity index (χ3n) is 3.53. The molecule has 1 N–H and O–H groups in total. The Kier molecular flexibility index (Phi) is 6.44. The van der Waals surface area contributed by atoms with Crippen molar-refractivity contribution in [3.8, 4) is 28.7 Å². The maximum atomic E-state index is 12.2. The van der Waals surface area contributed by atoms with Crippen LogP contribution in [0, 0.1) is 0 Å². The molecule has 0 aliphatic carbocycles. The van der Waals surface area contributed by atoms with Gasteiger partial charge in [0.2, 0.25) is 5.75 Å². The topological polar surface area (TPSA) is 57.2 Å². The lowest BCUT2D eigenvalue weighted by Gasteiger charge is -2.13. The quantitative estimate of drug-likeness (QED) is 0.711. The molecule has 0 bridgehead atoms. The highest BCUT2D eigenvalue weighted by atomic mass is 19.4. The first-order valence-electron chi connectivity index (χ1n) is 7.78. The molecular weight excluding hydrogens is 365 g/mol. The second-order valence-corrected chi connectivity index (χ2v) is 5.42. The number of alkyl halides is 3. The number of phenols is 1. The first-order chi connectivity index (χ1) is 12.8. The normalized spacial score (nSPS) is 11.5. The van der Waals surface area contributed by atoms with Gasteiger partial charge in [0.25, 0.3) is 0 Å². The van der Waals surface area contributed by atoms with Crippen LogP contribution in [-0.2, 0) is 0 Å². The Morgan fingerprint density at radius 2 is 1.44 bits per heavy atom. The van der Waals surface area contributed by atoms with Crippen molar-refractivity contribution in [2.75, 3.05) is 27.9 Å². The minimum Gasteiger partial charge on any atom is -0.504 e. The van der Waals surface area contributed by atoms with Crippen molar-refractivity contribution in [2.45, 2.75) is 6.18 Å². The van der Waals surface area contributed by atoms with E-state index in [0.29, 0.717) is 22.8 Å². The van der Waals surface area contributed by atoms with Crippen LogP contribution in [0.15, 0.2) is 30.3 Å². The Labute approximate surface area is 154 Å². The highest BCUT2D eigenvalue weighted by Crippen LogP contribution is 2.38. The SMILES string of the molecule is COc1cc(/C=C\c2ccc(OCC(F)(F)F)c(O)c2)cc(OC)c1OC. The highest BCUT2D eigenvalue weighted by Gasteiger charge is 2.28. The van der Waals surface area contributed by atoms with Gasteiger partial charge in [0.1, 0.15) is 0 Å². The summed E-state index contributed by atoms with van der Waals surface area (Å²) < 4.78 is 56.9. The number of hydrogen-bond donors (Lipinski definition) is 1. The molecule has 0 aliphatic heterocycles. The van der Waals surface area contributed by atoms with E-state index in [-0.39, 0.29) is 11.5 Å². The van der Waals surface area contributed by atoms with E-state index in [0.717, 1.165) is 5.56 Å². The van der Waals surface area contributed by atoms with Gasteiger partial charge < -0.3 is 24.1 Å². The summed E-state index contributed by atoms with van der Waals surface area (Å²) >= 11 is 0. The zero-order valence-electron chi connectivity index (χ0n) is 15.0. The fourth-order valence-corrected chi connectivity index (χ4v) is 2.31. The zero-order valence-corrected chi connectivity index (χ0v) is 15.0. The predicted octanol–water partition coefficient (Wildman–Crippen LogP) is 4.53. The van der Waals surface area contributed by atoms with Gasteiger partial charge in [0.05, 0.1) is 21.3 Å². The van der Waals surface area contributed by atoms with Crippen LogP contribution < -0.4 is 18.9 Å². The largest absolute Gasteiger partial charge is 0.504 e. The van der Waals surface area contributed by atoms with Crippen LogP contribution in [0.2, 0.25) is 0 Å². The molecule has 8 heteroatoms. The van der Waals surface area contributed by atoms with Gasteiger partial charge in [-0.3, -0.25) is 0 Å². The molecule has 0 radical (unpaired) electrons. The lowest BCUT2D eigenvalue weighted by molar-refractivity contribution is -0.153. The Morgan fingerprint density at radius 1 is 0.852 bits per heavy atom. The second kappa shape index (κ2) is 8.57. The van der Waals surface area contributed by atoms with Crippen LogP contribution in [0.4, 0.5) is 13.2 Å². The third-order valence-corrected chi connectivity index (χ3v) is 3.53. The summed E-state index contributed by atoms with van der Waals surface area (Å²) in [6.07, 6.45) is -1.07. The van der Waals surface area contributed by atoms with Crippen LogP contribution >= 0.6 is 0 Å². The molecule has 0 unspecified atom stereocenters. The van der Waals surface area contributed by atoms with E-state index in [1.807, 2.05) is 0 Å². The van der Waals surface area contributed by atoms with Gasteiger partial charge in [0.15, 0.2) is 29.6 Å². The summed E-state index contributed by atoms with van der Waals surface area (Å²) in [7, 11) is 4.51. The molecule has 146 valence electrons. The van der Waals surface area contributed by atoms with Crippen molar-refractivity contribution in [3.05, 3.63) is 41.5 Å². The minimum atomic E-state index is -4.47. The Balaban J connectivity index is 2.21. The van der Waals surface area contributed by atoms with Crippen molar-refractivity contribution in [2.24, 2.45) is 0 Å². The van der Waals surface area contributed by atoms with E-state index in [2.05, 4.69) is 4.74 Å². The number of benzene rings is 2. The van der Waals surface area contributed by atoms with E-state index in [1.54, 1.807) is 24.3 Å². The van der Waals surface area contributed by atoms with Crippen molar-refractivity contribution in [3.63, 3.8) is 0 Å². The van der Waals surface area contributed by atoms with Crippen molar-refractivity contribution in [1.29, 1.82) is 0 Å². The molecule has 0 heterocycles. The molecule has 0 aliphatic rings. The van der Waals surface area contributed by atoms with Gasteiger partial charge in [-0.05, 0) is 35.4 Å². The Bertz CT molecular complexity index is 790. The van der Waals surface area contributed by atoms with Crippen molar-refractivity contribution >= 4 is 12.2 Å². The molecule has 5 nitrogen and oxygen atoms in total. The summed E-state index contributed by atoms with van der Waals surface area (Å²) in [6, 6.07) is 7.58. The minimum absolute atomic E-state index is 0.239. The average molecular weight is 384 g/mol. The molecule has 0 fully saturated rings. The lowest BCUT2D eigenvalue weighted by Crippen LogP contribution is -2.19. The molecular formula is C19H19F3O5.